The summed E-state index contributed by atoms with van der Waals surface area (Å²) < 4.78 is 1.46. The lowest BCUT2D eigenvalue weighted by Crippen LogP contribution is -2.34. The highest BCUT2D eigenvalue weighted by Crippen LogP contribution is 2.33. The van der Waals surface area contributed by atoms with E-state index in [1.807, 2.05) is 20.8 Å². The highest BCUT2D eigenvalue weighted by Gasteiger charge is 2.36. The Morgan fingerprint density at radius 1 is 1.07 bits per heavy atom. The molecule has 0 spiro atoms. The Morgan fingerprint density at radius 3 is 2.33 bits per heavy atom. The molecule has 1 aromatic heterocycles. The van der Waals surface area contributed by atoms with Crippen molar-refractivity contribution in [2.75, 3.05) is 7.05 Å². The van der Waals surface area contributed by atoms with Gasteiger partial charge in [-0.05, 0) is 37.3 Å². The van der Waals surface area contributed by atoms with Crippen LogP contribution in [0, 0.1) is 0 Å². The molecular weight excluding hydrogens is 380 g/mol. The summed E-state index contributed by atoms with van der Waals surface area (Å²) in [5, 5.41) is 2.54. The van der Waals surface area contributed by atoms with E-state index in [0.29, 0.717) is 47.2 Å². The molecule has 1 N–H and O–H groups in total. The third-order valence-corrected chi connectivity index (χ3v) is 5.42. The van der Waals surface area contributed by atoms with E-state index in [1.54, 1.807) is 6.92 Å². The maximum absolute atomic E-state index is 13.7. The highest BCUT2D eigenvalue weighted by atomic mass is 16.2. The molecule has 2 rings (SSSR count). The van der Waals surface area contributed by atoms with Crippen LogP contribution in [0.5, 0.6) is 0 Å². The molecule has 0 unspecified atom stereocenters. The maximum atomic E-state index is 13.7. The van der Waals surface area contributed by atoms with Gasteiger partial charge in [0.15, 0.2) is 5.78 Å². The molecule has 6 nitrogen and oxygen atoms in total. The molecule has 1 aliphatic rings. The fourth-order valence-electron chi connectivity index (χ4n) is 3.93. The zero-order chi connectivity index (χ0) is 22.4. The Labute approximate surface area is 178 Å². The van der Waals surface area contributed by atoms with Gasteiger partial charge in [0.2, 0.25) is 11.7 Å². The van der Waals surface area contributed by atoms with Crippen molar-refractivity contribution in [3.05, 3.63) is 56.0 Å². The lowest BCUT2D eigenvalue weighted by molar-refractivity contribution is -0.116. The number of hydrogen-bond acceptors (Lipinski definition) is 4. The molecule has 0 atom stereocenters. The molecule has 1 aromatic rings. The minimum atomic E-state index is -0.313. The Hall–Kier alpha value is -2.76. The molecule has 0 saturated carbocycles. The highest BCUT2D eigenvalue weighted by molar-refractivity contribution is 6.28. The number of nitrogens with zero attached hydrogens (tertiary/aromatic N) is 1. The molecule has 0 aliphatic heterocycles. The Morgan fingerprint density at radius 2 is 1.77 bits per heavy atom. The predicted molar refractivity (Wildman–Crippen MR) is 118 cm³/mol. The average Bonchev–Trinajstić information content (AvgIpc) is 2.71. The van der Waals surface area contributed by atoms with Crippen molar-refractivity contribution in [2.24, 2.45) is 0 Å². The first-order valence-electron chi connectivity index (χ1n) is 10.8. The van der Waals surface area contributed by atoms with Gasteiger partial charge in [-0.15, -0.1) is 0 Å². The van der Waals surface area contributed by atoms with Gasteiger partial charge >= 0.3 is 0 Å². The zero-order valence-corrected chi connectivity index (χ0v) is 18.7. The van der Waals surface area contributed by atoms with E-state index >= 15 is 0 Å². The number of Topliss-reactive ketones (excluding diaryl/α,β-unsaturated/α-hetero) is 2. The summed E-state index contributed by atoms with van der Waals surface area (Å²) in [6.45, 7) is 7.97. The number of pyridine rings is 1. The van der Waals surface area contributed by atoms with Crippen LogP contribution in [0.4, 0.5) is 0 Å². The second kappa shape index (κ2) is 10.3. The molecule has 0 fully saturated rings. The molecule has 0 bridgehead atoms. The molecule has 1 amide bonds. The van der Waals surface area contributed by atoms with Crippen molar-refractivity contribution in [1.29, 1.82) is 0 Å². The largest absolute Gasteiger partial charge is 0.356 e. The summed E-state index contributed by atoms with van der Waals surface area (Å²) in [6.07, 6.45) is 5.55. The van der Waals surface area contributed by atoms with Gasteiger partial charge in [0, 0.05) is 36.9 Å². The first kappa shape index (κ1) is 23.5. The molecule has 30 heavy (non-hydrogen) atoms. The van der Waals surface area contributed by atoms with Crippen molar-refractivity contribution in [1.82, 2.24) is 9.88 Å². The van der Waals surface area contributed by atoms with Crippen molar-refractivity contribution in [3.8, 4) is 0 Å². The SMILES string of the molecule is CCCCn1c2c(c(CCC)cc1=O)C(=O)C(/C(=C\C(=O)NC)CCC)=C(C)C2=O. The van der Waals surface area contributed by atoms with Crippen molar-refractivity contribution in [3.63, 3.8) is 0 Å². The number of likely N-dealkylation sites (N-methyl/N-ethyl adjacent to an activating group) is 1. The average molecular weight is 413 g/mol. The maximum Gasteiger partial charge on any atom is 0.251 e. The van der Waals surface area contributed by atoms with Crippen molar-refractivity contribution in [2.45, 2.75) is 72.8 Å². The smallest absolute Gasteiger partial charge is 0.251 e. The van der Waals surface area contributed by atoms with Gasteiger partial charge < -0.3 is 9.88 Å². The Balaban J connectivity index is 2.81. The van der Waals surface area contributed by atoms with E-state index < -0.39 is 0 Å². The molecule has 1 aliphatic carbocycles. The standard InChI is InChI=1S/C24H32N2O4/c1-6-9-12-26-19(28)14-17(11-8-3)21-22(26)23(29)15(4)20(24(21)30)16(10-7-2)13-18(27)25-5/h13-14H,6-12H2,1-5H3,(H,25,27)/b16-13-. The van der Waals surface area contributed by atoms with Gasteiger partial charge in [-0.2, -0.15) is 0 Å². The molecule has 1 heterocycles. The monoisotopic (exact) mass is 412 g/mol. The van der Waals surface area contributed by atoms with E-state index in [9.17, 15) is 19.2 Å². The normalized spacial score (nSPS) is 14.2. The molecule has 0 saturated heterocycles. The van der Waals surface area contributed by atoms with E-state index in [4.69, 9.17) is 0 Å². The van der Waals surface area contributed by atoms with E-state index in [-0.39, 0.29) is 28.7 Å². The number of nitrogens with one attached hydrogen (secondary N) is 1. The first-order chi connectivity index (χ1) is 14.3. The minimum Gasteiger partial charge on any atom is -0.356 e. The van der Waals surface area contributed by atoms with Crippen molar-refractivity contribution < 1.29 is 14.4 Å². The van der Waals surface area contributed by atoms with E-state index in [0.717, 1.165) is 25.7 Å². The van der Waals surface area contributed by atoms with Gasteiger partial charge in [0.1, 0.15) is 5.69 Å². The number of carbonyl (C=O) groups excluding carboxylic acids is 3. The Bertz CT molecular complexity index is 980. The summed E-state index contributed by atoms with van der Waals surface area (Å²) in [5.74, 6) is -0.879. The molecule has 6 heteroatoms. The van der Waals surface area contributed by atoms with Gasteiger partial charge in [0.05, 0.1) is 5.56 Å². The van der Waals surface area contributed by atoms with Crippen LogP contribution in [0.2, 0.25) is 0 Å². The van der Waals surface area contributed by atoms with Gasteiger partial charge in [-0.3, -0.25) is 19.2 Å². The second-order valence-corrected chi connectivity index (χ2v) is 7.68. The summed E-state index contributed by atoms with van der Waals surface area (Å²) in [4.78, 5) is 51.9. The molecule has 162 valence electrons. The quantitative estimate of drug-likeness (QED) is 0.626. The van der Waals surface area contributed by atoms with Gasteiger partial charge in [-0.1, -0.05) is 40.0 Å². The molecular formula is C24H32N2O4. The van der Waals surface area contributed by atoms with Crippen molar-refractivity contribution >= 4 is 17.5 Å². The topological polar surface area (TPSA) is 85.2 Å². The van der Waals surface area contributed by atoms with Crippen LogP contribution >= 0.6 is 0 Å². The van der Waals surface area contributed by atoms with Gasteiger partial charge in [-0.25, -0.2) is 0 Å². The predicted octanol–water partition coefficient (Wildman–Crippen LogP) is 3.77. The number of carbonyl (C=O) groups is 3. The number of amides is 1. The summed E-state index contributed by atoms with van der Waals surface area (Å²) >= 11 is 0. The zero-order valence-electron chi connectivity index (χ0n) is 18.7. The number of rotatable bonds is 9. The number of unbranched alkanes of at least 4 members (excludes halogenated alkanes) is 1. The second-order valence-electron chi connectivity index (χ2n) is 7.68. The van der Waals surface area contributed by atoms with Crippen LogP contribution in [0.15, 0.2) is 33.7 Å². The summed E-state index contributed by atoms with van der Waals surface area (Å²) in [5.41, 5.74) is 2.08. The van der Waals surface area contributed by atoms with Crippen LogP contribution in [0.3, 0.4) is 0 Å². The van der Waals surface area contributed by atoms with E-state index in [2.05, 4.69) is 5.32 Å². The number of fused-ring (bicyclic) bond motifs is 1. The number of ketones is 2. The Kier molecular flexibility index (Phi) is 8.09. The summed E-state index contributed by atoms with van der Waals surface area (Å²) in [7, 11) is 1.53. The fraction of sp³-hybridized carbons (Fsp3) is 0.500. The van der Waals surface area contributed by atoms with Crippen LogP contribution in [-0.2, 0) is 17.8 Å². The van der Waals surface area contributed by atoms with Crippen LogP contribution in [0.1, 0.15) is 86.2 Å². The number of aryl methyl sites for hydroxylation is 1. The van der Waals surface area contributed by atoms with Crippen LogP contribution in [0.25, 0.3) is 0 Å². The molecule has 0 radical (unpaired) electrons. The van der Waals surface area contributed by atoms with Crippen LogP contribution in [-0.4, -0.2) is 29.1 Å². The lowest BCUT2D eigenvalue weighted by atomic mass is 9.80. The minimum absolute atomic E-state index is 0.210. The summed E-state index contributed by atoms with van der Waals surface area (Å²) in [6, 6.07) is 1.50. The van der Waals surface area contributed by atoms with Crippen LogP contribution < -0.4 is 10.9 Å². The third kappa shape index (κ3) is 4.53. The van der Waals surface area contributed by atoms with E-state index in [1.165, 1.54) is 23.8 Å². The number of hydrogen-bond donors (Lipinski definition) is 1. The number of allylic oxidation sites excluding steroid dienone is 3. The first-order valence-corrected chi connectivity index (χ1v) is 10.8. The molecule has 0 aromatic carbocycles. The van der Waals surface area contributed by atoms with Gasteiger partial charge in [0.25, 0.3) is 5.56 Å². The lowest BCUT2D eigenvalue weighted by Gasteiger charge is -2.26. The number of aromatic nitrogens is 1. The fourth-order valence-corrected chi connectivity index (χ4v) is 3.93. The third-order valence-electron chi connectivity index (χ3n) is 5.42.